The molecule has 5 heteroatoms. The minimum absolute atomic E-state index is 0.289. The van der Waals surface area contributed by atoms with Crippen molar-refractivity contribution in [2.45, 2.75) is 33.0 Å². The van der Waals surface area contributed by atoms with Crippen LogP contribution in [0.4, 0.5) is 0 Å². The van der Waals surface area contributed by atoms with Crippen LogP contribution in [0.5, 0.6) is 5.75 Å². The lowest BCUT2D eigenvalue weighted by molar-refractivity contribution is -0.153. The van der Waals surface area contributed by atoms with Gasteiger partial charge in [0, 0.05) is 10.6 Å². The molecule has 2 rings (SSSR count). The molecule has 0 radical (unpaired) electrons. The van der Waals surface area contributed by atoms with Crippen LogP contribution in [-0.2, 0) is 9.53 Å². The van der Waals surface area contributed by atoms with Gasteiger partial charge in [0.2, 0.25) is 5.78 Å². The van der Waals surface area contributed by atoms with Crippen LogP contribution in [0.2, 0.25) is 5.02 Å². The number of hydrogen-bond acceptors (Lipinski definition) is 4. The first-order chi connectivity index (χ1) is 11.4. The summed E-state index contributed by atoms with van der Waals surface area (Å²) in [6.45, 7) is 5.08. The Labute approximate surface area is 146 Å². The van der Waals surface area contributed by atoms with E-state index < -0.39 is 18.2 Å². The lowest BCUT2D eigenvalue weighted by Crippen LogP contribution is -2.32. The molecule has 126 valence electrons. The first-order valence-corrected chi connectivity index (χ1v) is 7.98. The van der Waals surface area contributed by atoms with Crippen molar-refractivity contribution in [3.63, 3.8) is 0 Å². The van der Waals surface area contributed by atoms with Crippen molar-refractivity contribution in [3.05, 3.63) is 64.7 Å². The normalized spacial score (nSPS) is 13.0. The molecule has 0 amide bonds. The minimum Gasteiger partial charge on any atom is -0.479 e. The van der Waals surface area contributed by atoms with Crippen LogP contribution in [-0.4, -0.2) is 24.0 Å². The van der Waals surface area contributed by atoms with E-state index in [0.717, 1.165) is 5.56 Å². The molecule has 24 heavy (non-hydrogen) atoms. The predicted octanol–water partition coefficient (Wildman–Crippen LogP) is 4.23. The molecule has 0 heterocycles. The maximum absolute atomic E-state index is 12.2. The van der Waals surface area contributed by atoms with Crippen LogP contribution in [0.15, 0.2) is 48.5 Å². The summed E-state index contributed by atoms with van der Waals surface area (Å²) in [5, 5.41) is 0.538. The van der Waals surface area contributed by atoms with Gasteiger partial charge in [0.1, 0.15) is 5.75 Å². The summed E-state index contributed by atoms with van der Waals surface area (Å²) >= 11 is 5.80. The van der Waals surface area contributed by atoms with Gasteiger partial charge in [-0.05, 0) is 57.2 Å². The van der Waals surface area contributed by atoms with Gasteiger partial charge in [-0.1, -0.05) is 29.3 Å². The molecule has 0 N–H and O–H groups in total. The lowest BCUT2D eigenvalue weighted by atomic mass is 10.1. The van der Waals surface area contributed by atoms with Crippen LogP contribution >= 0.6 is 11.6 Å². The fourth-order valence-corrected chi connectivity index (χ4v) is 2.17. The van der Waals surface area contributed by atoms with Gasteiger partial charge in [-0.25, -0.2) is 4.79 Å². The van der Waals surface area contributed by atoms with E-state index in [4.69, 9.17) is 21.1 Å². The Morgan fingerprint density at radius 3 is 2.08 bits per heavy atom. The number of ketones is 1. The number of ether oxygens (including phenoxy) is 2. The van der Waals surface area contributed by atoms with Crippen molar-refractivity contribution in [2.75, 3.05) is 0 Å². The van der Waals surface area contributed by atoms with E-state index in [2.05, 4.69) is 0 Å². The first kappa shape index (κ1) is 18.0. The maximum Gasteiger partial charge on any atom is 0.347 e. The molecule has 0 saturated heterocycles. The van der Waals surface area contributed by atoms with E-state index >= 15 is 0 Å². The smallest absolute Gasteiger partial charge is 0.347 e. The van der Waals surface area contributed by atoms with Crippen molar-refractivity contribution >= 4 is 23.4 Å². The summed E-state index contributed by atoms with van der Waals surface area (Å²) in [7, 11) is 0. The highest BCUT2D eigenvalue weighted by atomic mass is 35.5. The van der Waals surface area contributed by atoms with Gasteiger partial charge >= 0.3 is 5.97 Å². The second kappa shape index (κ2) is 7.97. The number of Topliss-reactive ketones (excluding diaryl/α,β-unsaturated/α-hetero) is 1. The van der Waals surface area contributed by atoms with Crippen LogP contribution in [0.3, 0.4) is 0 Å². The molecule has 0 bridgehead atoms. The molecule has 0 aliphatic rings. The summed E-state index contributed by atoms with van der Waals surface area (Å²) in [5.74, 6) is -0.310. The quantitative estimate of drug-likeness (QED) is 0.580. The van der Waals surface area contributed by atoms with Crippen LogP contribution < -0.4 is 4.74 Å². The van der Waals surface area contributed by atoms with Gasteiger partial charge in [0.05, 0.1) is 0 Å². The molecule has 4 nitrogen and oxygen atoms in total. The molecule has 0 saturated carbocycles. The molecule has 0 aromatic heterocycles. The molecule has 2 aromatic rings. The van der Waals surface area contributed by atoms with Crippen molar-refractivity contribution in [2.24, 2.45) is 0 Å². The maximum atomic E-state index is 12.2. The van der Waals surface area contributed by atoms with Gasteiger partial charge in [0.15, 0.2) is 12.2 Å². The molecule has 0 unspecified atom stereocenters. The van der Waals surface area contributed by atoms with Gasteiger partial charge in [0.25, 0.3) is 0 Å². The summed E-state index contributed by atoms with van der Waals surface area (Å²) in [5.41, 5.74) is 1.53. The molecule has 0 spiro atoms. The van der Waals surface area contributed by atoms with Gasteiger partial charge in [-0.3, -0.25) is 4.79 Å². The molecule has 0 fully saturated rings. The number of carbonyl (C=O) groups is 2. The molecule has 2 atom stereocenters. The van der Waals surface area contributed by atoms with Crippen LogP contribution in [0, 0.1) is 6.92 Å². The minimum atomic E-state index is -0.900. The Hall–Kier alpha value is -2.33. The molecule has 0 aliphatic heterocycles. The fourth-order valence-electron chi connectivity index (χ4n) is 2.04. The SMILES string of the molecule is Cc1ccc(O[C@@H](C)C(=O)O[C@@H](C)C(=O)c2ccc(Cl)cc2)cc1. The Morgan fingerprint density at radius 2 is 1.50 bits per heavy atom. The summed E-state index contributed by atoms with van der Waals surface area (Å²) in [4.78, 5) is 24.3. The Kier molecular flexibility index (Phi) is 5.99. The summed E-state index contributed by atoms with van der Waals surface area (Å²) < 4.78 is 10.7. The number of hydrogen-bond donors (Lipinski definition) is 0. The average Bonchev–Trinajstić information content (AvgIpc) is 2.56. The second-order valence-electron chi connectivity index (χ2n) is 5.52. The van der Waals surface area contributed by atoms with Crippen molar-refractivity contribution in [3.8, 4) is 5.75 Å². The van der Waals surface area contributed by atoms with E-state index in [0.29, 0.717) is 16.3 Å². The third-order valence-electron chi connectivity index (χ3n) is 3.46. The zero-order valence-corrected chi connectivity index (χ0v) is 14.5. The average molecular weight is 347 g/mol. The third-order valence-corrected chi connectivity index (χ3v) is 3.71. The fraction of sp³-hybridized carbons (Fsp3) is 0.263. The number of carbonyl (C=O) groups excluding carboxylic acids is 2. The Bertz CT molecular complexity index is 707. The number of aryl methyl sites for hydroxylation is 1. The third kappa shape index (κ3) is 4.83. The summed E-state index contributed by atoms with van der Waals surface area (Å²) in [6, 6.07) is 13.8. The number of rotatable bonds is 6. The van der Waals surface area contributed by atoms with Gasteiger partial charge in [-0.15, -0.1) is 0 Å². The van der Waals surface area contributed by atoms with Crippen LogP contribution in [0.1, 0.15) is 29.8 Å². The predicted molar refractivity (Wildman–Crippen MR) is 92.6 cm³/mol. The van der Waals surface area contributed by atoms with E-state index in [1.54, 1.807) is 43.3 Å². The first-order valence-electron chi connectivity index (χ1n) is 7.60. The Balaban J connectivity index is 1.93. The Morgan fingerprint density at radius 1 is 0.917 bits per heavy atom. The van der Waals surface area contributed by atoms with Crippen molar-refractivity contribution < 1.29 is 19.1 Å². The van der Waals surface area contributed by atoms with E-state index in [-0.39, 0.29) is 5.78 Å². The topological polar surface area (TPSA) is 52.6 Å². The molecular weight excluding hydrogens is 328 g/mol. The van der Waals surface area contributed by atoms with Crippen molar-refractivity contribution in [1.29, 1.82) is 0 Å². The van der Waals surface area contributed by atoms with Gasteiger partial charge in [-0.2, -0.15) is 0 Å². The summed E-state index contributed by atoms with van der Waals surface area (Å²) in [6.07, 6.45) is -1.71. The second-order valence-corrected chi connectivity index (χ2v) is 5.96. The zero-order valence-electron chi connectivity index (χ0n) is 13.8. The van der Waals surface area contributed by atoms with E-state index in [9.17, 15) is 9.59 Å². The number of benzene rings is 2. The largest absolute Gasteiger partial charge is 0.479 e. The van der Waals surface area contributed by atoms with Gasteiger partial charge < -0.3 is 9.47 Å². The molecule has 2 aromatic carbocycles. The standard InChI is InChI=1S/C19H19ClO4/c1-12-4-10-17(11-5-12)23-14(3)19(22)24-13(2)18(21)15-6-8-16(20)9-7-15/h4-11,13-14H,1-3H3/t13-,14-/m0/s1. The lowest BCUT2D eigenvalue weighted by Gasteiger charge is -2.17. The monoisotopic (exact) mass is 346 g/mol. The highest BCUT2D eigenvalue weighted by Crippen LogP contribution is 2.15. The molecular formula is C19H19ClO4. The molecule has 0 aliphatic carbocycles. The van der Waals surface area contributed by atoms with Crippen molar-refractivity contribution in [1.82, 2.24) is 0 Å². The van der Waals surface area contributed by atoms with E-state index in [1.165, 1.54) is 6.92 Å². The number of esters is 1. The van der Waals surface area contributed by atoms with Crippen LogP contribution in [0.25, 0.3) is 0 Å². The highest BCUT2D eigenvalue weighted by molar-refractivity contribution is 6.30. The zero-order chi connectivity index (χ0) is 17.7. The van der Waals surface area contributed by atoms with E-state index in [1.807, 2.05) is 19.1 Å². The number of halogens is 1. The highest BCUT2D eigenvalue weighted by Gasteiger charge is 2.24.